The summed E-state index contributed by atoms with van der Waals surface area (Å²) in [5.74, 6) is -1.67. The maximum absolute atomic E-state index is 13.4. The summed E-state index contributed by atoms with van der Waals surface area (Å²) in [5.41, 5.74) is 3.21. The van der Waals surface area contributed by atoms with Gasteiger partial charge >= 0.3 is 11.9 Å². The van der Waals surface area contributed by atoms with Crippen LogP contribution in [0.25, 0.3) is 10.8 Å². The van der Waals surface area contributed by atoms with E-state index in [4.69, 9.17) is 21.1 Å². The van der Waals surface area contributed by atoms with Crippen molar-refractivity contribution in [1.82, 2.24) is 0 Å². The van der Waals surface area contributed by atoms with Gasteiger partial charge in [0.1, 0.15) is 5.75 Å². The first-order valence-electron chi connectivity index (χ1n) is 11.9. The van der Waals surface area contributed by atoms with Crippen LogP contribution in [-0.2, 0) is 9.59 Å². The molecule has 0 aliphatic heterocycles. The number of esters is 2. The first-order chi connectivity index (χ1) is 18.2. The summed E-state index contributed by atoms with van der Waals surface area (Å²) < 4.78 is 11.7. The van der Waals surface area contributed by atoms with Crippen LogP contribution in [0.1, 0.15) is 52.4 Å². The van der Waals surface area contributed by atoms with E-state index in [-0.39, 0.29) is 33.5 Å². The van der Waals surface area contributed by atoms with Crippen molar-refractivity contribution in [2.75, 3.05) is 0 Å². The fourth-order valence-electron chi connectivity index (χ4n) is 4.73. The van der Waals surface area contributed by atoms with Gasteiger partial charge in [-0.1, -0.05) is 97.6 Å². The second-order valence-electron chi connectivity index (χ2n) is 9.21. The van der Waals surface area contributed by atoms with Gasteiger partial charge in [-0.3, -0.25) is 4.79 Å². The van der Waals surface area contributed by atoms with Gasteiger partial charge in [0.05, 0.1) is 5.02 Å². The third kappa shape index (κ3) is 4.11. The topological polar surface area (TPSA) is 69.7 Å². The maximum atomic E-state index is 13.4. The summed E-state index contributed by atoms with van der Waals surface area (Å²) in [4.78, 5) is 39.0. The smallest absolute Gasteiger partial charge is 0.338 e. The quantitative estimate of drug-likeness (QED) is 0.139. The van der Waals surface area contributed by atoms with Crippen molar-refractivity contribution in [3.8, 4) is 11.5 Å². The van der Waals surface area contributed by atoms with Gasteiger partial charge in [0.2, 0.25) is 0 Å². The summed E-state index contributed by atoms with van der Waals surface area (Å²) in [5, 5.41) is 1.08. The van der Waals surface area contributed by atoms with Crippen LogP contribution in [0.4, 0.5) is 0 Å². The number of halogens is 1. The Morgan fingerprint density at radius 1 is 0.711 bits per heavy atom. The normalized spacial score (nSPS) is 12.4. The molecule has 4 aromatic rings. The molecule has 0 spiro atoms. The Hall–Kier alpha value is -4.48. The summed E-state index contributed by atoms with van der Waals surface area (Å²) in [6.45, 7) is 10.5. The van der Waals surface area contributed by atoms with E-state index in [9.17, 15) is 14.4 Å². The molecule has 0 atom stereocenters. The molecule has 6 heteroatoms. The standard InChI is InChI=1S/C32H23ClO5/c1-17(2)31(35)37-29-23-15-9-10-16-24(23)30(38-32(36)18(3)4)27(33)26(29)25-19-11-5-7-13-21(19)28(34)22-14-8-6-12-20(22)25/h5-16,25H,1,3H2,2,4H3. The van der Waals surface area contributed by atoms with Crippen molar-refractivity contribution in [2.24, 2.45) is 0 Å². The Kier molecular flexibility index (Phi) is 6.47. The van der Waals surface area contributed by atoms with Crippen molar-refractivity contribution < 1.29 is 23.9 Å². The van der Waals surface area contributed by atoms with Gasteiger partial charge in [-0.15, -0.1) is 0 Å². The Morgan fingerprint density at radius 3 is 1.63 bits per heavy atom. The monoisotopic (exact) mass is 522 g/mol. The average Bonchev–Trinajstić information content (AvgIpc) is 2.92. The zero-order valence-corrected chi connectivity index (χ0v) is 21.6. The Morgan fingerprint density at radius 2 is 1.13 bits per heavy atom. The molecule has 1 aliphatic carbocycles. The third-order valence-corrected chi connectivity index (χ3v) is 6.88. The minimum absolute atomic E-state index is 0.0896. The second-order valence-corrected chi connectivity index (χ2v) is 9.59. The van der Waals surface area contributed by atoms with Crippen LogP contribution in [-0.4, -0.2) is 17.7 Å². The van der Waals surface area contributed by atoms with Crippen LogP contribution in [0.15, 0.2) is 97.1 Å². The number of carbonyl (C=O) groups excluding carboxylic acids is 3. The Balaban J connectivity index is 1.92. The third-order valence-electron chi connectivity index (χ3n) is 6.50. The molecule has 0 saturated carbocycles. The summed E-state index contributed by atoms with van der Waals surface area (Å²) in [6, 6.07) is 21.5. The van der Waals surface area contributed by atoms with E-state index in [1.54, 1.807) is 62.4 Å². The highest BCUT2D eigenvalue weighted by molar-refractivity contribution is 6.35. The molecule has 1 aliphatic rings. The number of ether oxygens (including phenoxy) is 2. The van der Waals surface area contributed by atoms with Gasteiger partial charge in [0.15, 0.2) is 11.5 Å². The van der Waals surface area contributed by atoms with Crippen molar-refractivity contribution in [1.29, 1.82) is 0 Å². The molecule has 0 bridgehead atoms. The molecule has 0 radical (unpaired) electrons. The van der Waals surface area contributed by atoms with E-state index >= 15 is 0 Å². The minimum Gasteiger partial charge on any atom is -0.422 e. The van der Waals surface area contributed by atoms with Crippen molar-refractivity contribution in [2.45, 2.75) is 19.8 Å². The largest absolute Gasteiger partial charge is 0.422 e. The predicted molar refractivity (Wildman–Crippen MR) is 147 cm³/mol. The van der Waals surface area contributed by atoms with E-state index in [0.29, 0.717) is 38.6 Å². The number of benzene rings is 4. The predicted octanol–water partition coefficient (Wildman–Crippen LogP) is 7.18. The molecule has 38 heavy (non-hydrogen) atoms. The average molecular weight is 523 g/mol. The number of fused-ring (bicyclic) bond motifs is 3. The van der Waals surface area contributed by atoms with Gasteiger partial charge < -0.3 is 9.47 Å². The number of ketones is 1. The lowest BCUT2D eigenvalue weighted by molar-refractivity contribution is -0.131. The molecule has 0 heterocycles. The zero-order chi connectivity index (χ0) is 27.1. The summed E-state index contributed by atoms with van der Waals surface area (Å²) >= 11 is 7.10. The van der Waals surface area contributed by atoms with Crippen LogP contribution in [0, 0.1) is 0 Å². The van der Waals surface area contributed by atoms with Crippen LogP contribution in [0.2, 0.25) is 5.02 Å². The molecule has 4 aromatic carbocycles. The highest BCUT2D eigenvalue weighted by Gasteiger charge is 2.37. The zero-order valence-electron chi connectivity index (χ0n) is 20.8. The van der Waals surface area contributed by atoms with E-state index in [2.05, 4.69) is 13.2 Å². The van der Waals surface area contributed by atoms with Gasteiger partial charge in [0, 0.05) is 44.5 Å². The summed E-state index contributed by atoms with van der Waals surface area (Å²) in [6.07, 6.45) is 0. The molecule has 0 N–H and O–H groups in total. The van der Waals surface area contributed by atoms with Crippen molar-refractivity contribution in [3.63, 3.8) is 0 Å². The fourth-order valence-corrected chi connectivity index (χ4v) is 5.06. The molecule has 0 aromatic heterocycles. The van der Waals surface area contributed by atoms with Crippen molar-refractivity contribution in [3.05, 3.63) is 130 Å². The number of rotatable bonds is 5. The molecule has 0 fully saturated rings. The lowest BCUT2D eigenvalue weighted by Crippen LogP contribution is -2.22. The number of hydrogen-bond donors (Lipinski definition) is 0. The Labute approximate surface area is 225 Å². The van der Waals surface area contributed by atoms with Crippen LogP contribution < -0.4 is 9.47 Å². The highest BCUT2D eigenvalue weighted by atomic mass is 35.5. The molecule has 0 saturated heterocycles. The van der Waals surface area contributed by atoms with E-state index in [1.807, 2.05) is 24.3 Å². The van der Waals surface area contributed by atoms with Gasteiger partial charge in [-0.25, -0.2) is 9.59 Å². The lowest BCUT2D eigenvalue weighted by Gasteiger charge is -2.30. The molecule has 5 rings (SSSR count). The molecule has 188 valence electrons. The van der Waals surface area contributed by atoms with Gasteiger partial charge in [0.25, 0.3) is 0 Å². The first-order valence-corrected chi connectivity index (χ1v) is 12.3. The second kappa shape index (κ2) is 9.77. The van der Waals surface area contributed by atoms with E-state index < -0.39 is 17.9 Å². The highest BCUT2D eigenvalue weighted by Crippen LogP contribution is 2.52. The number of hydrogen-bond acceptors (Lipinski definition) is 5. The molecular formula is C32H23ClO5. The van der Waals surface area contributed by atoms with Crippen LogP contribution in [0.3, 0.4) is 0 Å². The van der Waals surface area contributed by atoms with E-state index in [0.717, 1.165) is 0 Å². The van der Waals surface area contributed by atoms with Gasteiger partial charge in [-0.2, -0.15) is 0 Å². The minimum atomic E-state index is -0.644. The van der Waals surface area contributed by atoms with Crippen molar-refractivity contribution >= 4 is 40.1 Å². The molecule has 0 unspecified atom stereocenters. The van der Waals surface area contributed by atoms with Crippen LogP contribution in [0.5, 0.6) is 11.5 Å². The van der Waals surface area contributed by atoms with Crippen LogP contribution >= 0.6 is 11.6 Å². The maximum Gasteiger partial charge on any atom is 0.338 e. The molecular weight excluding hydrogens is 500 g/mol. The Bertz CT molecular complexity index is 1650. The van der Waals surface area contributed by atoms with Gasteiger partial charge in [-0.05, 0) is 25.0 Å². The SMILES string of the molecule is C=C(C)C(=O)Oc1c(Cl)c(C2c3ccccc3C(=O)c3ccccc32)c(OC(=O)C(=C)C)c2ccccc12. The number of carbonyl (C=O) groups is 3. The summed E-state index contributed by atoms with van der Waals surface area (Å²) in [7, 11) is 0. The van der Waals surface area contributed by atoms with E-state index in [1.165, 1.54) is 0 Å². The molecule has 0 amide bonds. The lowest BCUT2D eigenvalue weighted by atomic mass is 9.73. The molecule has 5 nitrogen and oxygen atoms in total. The fraction of sp³-hybridized carbons (Fsp3) is 0.0938. The first kappa shape index (κ1) is 25.2.